The Morgan fingerprint density at radius 3 is 2.32 bits per heavy atom. The maximum Gasteiger partial charge on any atom is 0.295 e. The largest absolute Gasteiger partial charge is 0.507 e. The Morgan fingerprint density at radius 1 is 1.05 bits per heavy atom. The predicted octanol–water partition coefficient (Wildman–Crippen LogP) is 4.45. The summed E-state index contributed by atoms with van der Waals surface area (Å²) in [6.07, 6.45) is 0.727. The van der Waals surface area contributed by atoms with Crippen molar-refractivity contribution in [3.63, 3.8) is 0 Å². The third-order valence-corrected chi connectivity index (χ3v) is 7.30. The van der Waals surface area contributed by atoms with Crippen LogP contribution in [0.1, 0.15) is 55.5 Å². The molecule has 2 aliphatic heterocycles. The molecule has 1 atom stereocenters. The highest BCUT2D eigenvalue weighted by atomic mass is 16.5. The molecule has 198 valence electrons. The van der Waals surface area contributed by atoms with Crippen molar-refractivity contribution in [1.29, 1.82) is 0 Å². The zero-order valence-electron chi connectivity index (χ0n) is 22.5. The van der Waals surface area contributed by atoms with Crippen molar-refractivity contribution in [3.05, 3.63) is 70.3 Å². The van der Waals surface area contributed by atoms with Crippen molar-refractivity contribution in [1.82, 2.24) is 9.80 Å². The van der Waals surface area contributed by atoms with Gasteiger partial charge in [-0.2, -0.15) is 0 Å². The minimum atomic E-state index is -0.653. The average molecular weight is 507 g/mol. The van der Waals surface area contributed by atoms with E-state index in [4.69, 9.17) is 9.47 Å². The Kier molecular flexibility index (Phi) is 8.05. The van der Waals surface area contributed by atoms with E-state index >= 15 is 0 Å². The number of Topliss-reactive ketones (excluding diaryl/α,β-unsaturated/α-hetero) is 1. The minimum absolute atomic E-state index is 0.0291. The summed E-state index contributed by atoms with van der Waals surface area (Å²) in [4.78, 5) is 30.6. The first-order valence-corrected chi connectivity index (χ1v) is 13.0. The Bertz CT molecular complexity index is 1170. The quantitative estimate of drug-likeness (QED) is 0.340. The molecular formula is C30H38N2O5. The zero-order chi connectivity index (χ0) is 26.7. The number of nitrogens with zero attached hydrogens (tertiary/aromatic N) is 2. The van der Waals surface area contributed by atoms with E-state index in [0.29, 0.717) is 31.1 Å². The fourth-order valence-electron chi connectivity index (χ4n) is 5.09. The van der Waals surface area contributed by atoms with Gasteiger partial charge in [-0.1, -0.05) is 45.0 Å². The van der Waals surface area contributed by atoms with Crippen molar-refractivity contribution in [3.8, 4) is 5.75 Å². The molecule has 1 amide bonds. The normalized spacial score (nSPS) is 20.5. The van der Waals surface area contributed by atoms with E-state index < -0.39 is 17.7 Å². The van der Waals surface area contributed by atoms with Crippen molar-refractivity contribution in [2.75, 3.05) is 46.5 Å². The van der Waals surface area contributed by atoms with Gasteiger partial charge in [-0.3, -0.25) is 14.5 Å². The van der Waals surface area contributed by atoms with Gasteiger partial charge in [0.15, 0.2) is 0 Å². The maximum absolute atomic E-state index is 13.4. The summed E-state index contributed by atoms with van der Waals surface area (Å²) in [5, 5.41) is 11.4. The number of benzene rings is 2. The third-order valence-electron chi connectivity index (χ3n) is 7.30. The summed E-state index contributed by atoms with van der Waals surface area (Å²) >= 11 is 0. The lowest BCUT2D eigenvalue weighted by Gasteiger charge is -2.29. The topological polar surface area (TPSA) is 79.3 Å². The van der Waals surface area contributed by atoms with Gasteiger partial charge in [0.1, 0.15) is 11.5 Å². The van der Waals surface area contributed by atoms with Gasteiger partial charge in [0.05, 0.1) is 31.9 Å². The van der Waals surface area contributed by atoms with E-state index in [1.807, 2.05) is 31.2 Å². The van der Waals surface area contributed by atoms with Crippen molar-refractivity contribution < 1.29 is 24.2 Å². The van der Waals surface area contributed by atoms with Crippen LogP contribution in [0.4, 0.5) is 0 Å². The molecule has 2 aliphatic rings. The second-order valence-corrected chi connectivity index (χ2v) is 10.9. The lowest BCUT2D eigenvalue weighted by molar-refractivity contribution is -0.140. The number of methoxy groups -OCH3 is 1. The molecule has 7 heteroatoms. The number of likely N-dealkylation sites (tertiary alicyclic amines) is 1. The summed E-state index contributed by atoms with van der Waals surface area (Å²) in [7, 11) is 1.58. The summed E-state index contributed by atoms with van der Waals surface area (Å²) in [6, 6.07) is 12.7. The van der Waals surface area contributed by atoms with Gasteiger partial charge in [0.2, 0.25) is 0 Å². The number of aryl methyl sites for hydroxylation is 1. The molecule has 0 saturated carbocycles. The molecule has 2 aromatic rings. The molecular weight excluding hydrogens is 468 g/mol. The van der Waals surface area contributed by atoms with Crippen molar-refractivity contribution in [2.45, 2.75) is 45.6 Å². The number of carbonyl (C=O) groups excluding carboxylic acids is 2. The van der Waals surface area contributed by atoms with E-state index in [2.05, 4.69) is 25.7 Å². The Hall–Kier alpha value is -3.16. The maximum atomic E-state index is 13.4. The number of hydrogen-bond acceptors (Lipinski definition) is 6. The summed E-state index contributed by atoms with van der Waals surface area (Å²) < 4.78 is 10.7. The lowest BCUT2D eigenvalue weighted by Crippen LogP contribution is -2.39. The smallest absolute Gasteiger partial charge is 0.295 e. The van der Waals surface area contributed by atoms with Crippen LogP contribution in [0.25, 0.3) is 5.76 Å². The molecule has 1 N–H and O–H groups in total. The van der Waals surface area contributed by atoms with Gasteiger partial charge >= 0.3 is 0 Å². The molecule has 0 radical (unpaired) electrons. The van der Waals surface area contributed by atoms with Crippen LogP contribution in [0, 0.1) is 6.92 Å². The first-order chi connectivity index (χ1) is 17.6. The molecule has 0 bridgehead atoms. The highest BCUT2D eigenvalue weighted by Crippen LogP contribution is 2.40. The number of ether oxygens (including phenoxy) is 2. The molecule has 0 aromatic heterocycles. The second kappa shape index (κ2) is 11.1. The number of carbonyl (C=O) groups is 2. The third kappa shape index (κ3) is 5.73. The van der Waals surface area contributed by atoms with Gasteiger partial charge in [-0.15, -0.1) is 0 Å². The average Bonchev–Trinajstić information content (AvgIpc) is 3.13. The molecule has 2 aromatic carbocycles. The van der Waals surface area contributed by atoms with E-state index in [1.54, 1.807) is 30.2 Å². The minimum Gasteiger partial charge on any atom is -0.507 e. The van der Waals surface area contributed by atoms with Crippen LogP contribution in [0.15, 0.2) is 48.0 Å². The van der Waals surface area contributed by atoms with Gasteiger partial charge in [0.25, 0.3) is 11.7 Å². The number of morpholine rings is 1. The molecule has 2 saturated heterocycles. The molecule has 2 fully saturated rings. The van der Waals surface area contributed by atoms with E-state index in [-0.39, 0.29) is 16.7 Å². The molecule has 7 nitrogen and oxygen atoms in total. The van der Waals surface area contributed by atoms with E-state index in [9.17, 15) is 14.7 Å². The highest BCUT2D eigenvalue weighted by molar-refractivity contribution is 6.46. The number of amides is 1. The van der Waals surface area contributed by atoms with Crippen LogP contribution < -0.4 is 4.74 Å². The lowest BCUT2D eigenvalue weighted by atomic mass is 9.85. The van der Waals surface area contributed by atoms with Gasteiger partial charge < -0.3 is 19.5 Å². The number of aliphatic hydroxyl groups is 1. The van der Waals surface area contributed by atoms with Crippen LogP contribution in [0.3, 0.4) is 0 Å². The fourth-order valence-corrected chi connectivity index (χ4v) is 5.09. The van der Waals surface area contributed by atoms with E-state index in [1.165, 1.54) is 0 Å². The Labute approximate surface area is 219 Å². The van der Waals surface area contributed by atoms with Crippen LogP contribution in [-0.4, -0.2) is 73.1 Å². The molecule has 2 heterocycles. The van der Waals surface area contributed by atoms with Crippen molar-refractivity contribution >= 4 is 17.4 Å². The van der Waals surface area contributed by atoms with Gasteiger partial charge in [0, 0.05) is 31.7 Å². The number of ketones is 1. The van der Waals surface area contributed by atoms with Crippen LogP contribution in [0.5, 0.6) is 5.75 Å². The predicted molar refractivity (Wildman–Crippen MR) is 144 cm³/mol. The number of rotatable bonds is 7. The highest BCUT2D eigenvalue weighted by Gasteiger charge is 2.46. The molecule has 0 unspecified atom stereocenters. The van der Waals surface area contributed by atoms with E-state index in [0.717, 1.165) is 42.7 Å². The monoisotopic (exact) mass is 506 g/mol. The van der Waals surface area contributed by atoms with Crippen molar-refractivity contribution in [2.24, 2.45) is 0 Å². The summed E-state index contributed by atoms with van der Waals surface area (Å²) in [5.41, 5.74) is 3.35. The fraction of sp³-hybridized carbons (Fsp3) is 0.467. The molecule has 0 spiro atoms. The van der Waals surface area contributed by atoms with Gasteiger partial charge in [-0.25, -0.2) is 0 Å². The first-order valence-electron chi connectivity index (χ1n) is 13.0. The zero-order valence-corrected chi connectivity index (χ0v) is 22.5. The molecule has 37 heavy (non-hydrogen) atoms. The van der Waals surface area contributed by atoms with Crippen LogP contribution in [-0.2, 0) is 19.7 Å². The second-order valence-electron chi connectivity index (χ2n) is 10.9. The number of aliphatic hydroxyl groups excluding tert-OH is 1. The Morgan fingerprint density at radius 2 is 1.73 bits per heavy atom. The molecule has 0 aliphatic carbocycles. The first kappa shape index (κ1) is 26.9. The van der Waals surface area contributed by atoms with Gasteiger partial charge in [-0.05, 0) is 53.6 Å². The van der Waals surface area contributed by atoms with Crippen LogP contribution in [0.2, 0.25) is 0 Å². The summed E-state index contributed by atoms with van der Waals surface area (Å²) in [5.74, 6) is -0.713. The SMILES string of the molecule is COc1ccc(C(O)=C2C(=O)C(=O)N(CCCN3CCOCC3)[C@H]2c2ccc(C(C)(C)C)cc2)c(C)c1. The molecule has 4 rings (SSSR count). The number of hydrogen-bond donors (Lipinski definition) is 1. The standard InChI is InChI=1S/C30H38N2O5/c1-20-19-23(36-5)11-12-24(20)27(33)25-26(21-7-9-22(10-8-21)30(2,3)4)32(29(35)28(25)34)14-6-13-31-15-17-37-18-16-31/h7-12,19,26,33H,6,13-18H2,1-5H3/t26-/m0/s1. The summed E-state index contributed by atoms with van der Waals surface area (Å²) in [6.45, 7) is 12.7. The Balaban J connectivity index is 1.72. The van der Waals surface area contributed by atoms with Crippen LogP contribution >= 0.6 is 0 Å².